The molecule has 0 radical (unpaired) electrons. The van der Waals surface area contributed by atoms with Gasteiger partial charge in [0.1, 0.15) is 11.6 Å². The SMILES string of the molecule is CC(C)[C@H](NC(=O)OC(C)(C)C)C(=O)NC1CCN(c2ncc(B3OC(C)(C)C(C)(C)O3)cn2)CC1. The molecule has 10 nitrogen and oxygen atoms in total. The minimum absolute atomic E-state index is 0.0134. The maximum absolute atomic E-state index is 12.9. The number of hydrogen-bond acceptors (Lipinski definition) is 8. The highest BCUT2D eigenvalue weighted by molar-refractivity contribution is 6.61. The van der Waals surface area contributed by atoms with Gasteiger partial charge in [0, 0.05) is 37.0 Å². The molecule has 200 valence electrons. The van der Waals surface area contributed by atoms with Gasteiger partial charge in [-0.15, -0.1) is 0 Å². The molecule has 0 bridgehead atoms. The number of ether oxygens (including phenoxy) is 1. The van der Waals surface area contributed by atoms with Gasteiger partial charge in [0.15, 0.2) is 0 Å². The van der Waals surface area contributed by atoms with Crippen LogP contribution < -0.4 is 21.0 Å². The Morgan fingerprint density at radius 1 is 1.08 bits per heavy atom. The molecule has 1 aromatic heterocycles. The van der Waals surface area contributed by atoms with Crippen LogP contribution in [-0.2, 0) is 18.8 Å². The van der Waals surface area contributed by atoms with Gasteiger partial charge >= 0.3 is 13.2 Å². The van der Waals surface area contributed by atoms with E-state index in [1.807, 2.05) is 41.5 Å². The number of alkyl carbamates (subject to hydrolysis) is 1. The Bertz CT molecular complexity index is 908. The molecule has 0 aliphatic carbocycles. The average molecular weight is 503 g/mol. The van der Waals surface area contributed by atoms with Gasteiger partial charge in [0.2, 0.25) is 11.9 Å². The second kappa shape index (κ2) is 10.5. The summed E-state index contributed by atoms with van der Waals surface area (Å²) in [5.41, 5.74) is -0.671. The zero-order valence-corrected chi connectivity index (χ0v) is 23.2. The Morgan fingerprint density at radius 2 is 1.61 bits per heavy atom. The van der Waals surface area contributed by atoms with Crippen LogP contribution >= 0.6 is 0 Å². The maximum atomic E-state index is 12.9. The van der Waals surface area contributed by atoms with Gasteiger partial charge in [-0.25, -0.2) is 14.8 Å². The summed E-state index contributed by atoms with van der Waals surface area (Å²) in [6.45, 7) is 18.7. The van der Waals surface area contributed by atoms with Crippen LogP contribution in [0.5, 0.6) is 0 Å². The lowest BCUT2D eigenvalue weighted by molar-refractivity contribution is -0.125. The summed E-state index contributed by atoms with van der Waals surface area (Å²) in [6, 6.07) is -0.650. The highest BCUT2D eigenvalue weighted by Crippen LogP contribution is 2.36. The van der Waals surface area contributed by atoms with Crippen LogP contribution in [0.15, 0.2) is 12.4 Å². The van der Waals surface area contributed by atoms with E-state index >= 15 is 0 Å². The number of carbonyl (C=O) groups is 2. The minimum Gasteiger partial charge on any atom is -0.444 e. The second-order valence-electron chi connectivity index (χ2n) is 12.0. The molecule has 36 heavy (non-hydrogen) atoms. The van der Waals surface area contributed by atoms with E-state index in [9.17, 15) is 9.59 Å². The number of carbonyl (C=O) groups excluding carboxylic acids is 2. The molecule has 2 aliphatic rings. The van der Waals surface area contributed by atoms with E-state index in [-0.39, 0.29) is 17.9 Å². The lowest BCUT2D eigenvalue weighted by Gasteiger charge is -2.33. The Morgan fingerprint density at radius 3 is 2.08 bits per heavy atom. The number of aromatic nitrogens is 2. The predicted molar refractivity (Wildman–Crippen MR) is 139 cm³/mol. The Kier molecular flexibility index (Phi) is 8.25. The standard InChI is InChI=1S/C25H42BN5O5/c1-16(2)19(30-22(33)34-23(3,4)5)20(32)29-18-10-12-31(13-11-18)21-27-14-17(15-28-21)26-35-24(6,7)25(8,9)36-26/h14-16,18-19H,10-13H2,1-9H3,(H,29,32)(H,30,33)/t19-/m0/s1. The number of anilines is 1. The highest BCUT2D eigenvalue weighted by Gasteiger charge is 2.52. The van der Waals surface area contributed by atoms with Gasteiger partial charge < -0.3 is 29.6 Å². The Hall–Kier alpha value is -2.40. The van der Waals surface area contributed by atoms with Crippen molar-refractivity contribution in [3.05, 3.63) is 12.4 Å². The number of nitrogens with zero attached hydrogens (tertiary/aromatic N) is 3. The van der Waals surface area contributed by atoms with E-state index in [2.05, 4.69) is 25.5 Å². The highest BCUT2D eigenvalue weighted by atomic mass is 16.7. The fraction of sp³-hybridized carbons (Fsp3) is 0.760. The molecule has 2 saturated heterocycles. The van der Waals surface area contributed by atoms with Crippen molar-refractivity contribution in [2.45, 2.75) is 104 Å². The third-order valence-electron chi connectivity index (χ3n) is 6.93. The van der Waals surface area contributed by atoms with Gasteiger partial charge in [-0.3, -0.25) is 4.79 Å². The summed E-state index contributed by atoms with van der Waals surface area (Å²) in [6.07, 6.45) is 4.44. The van der Waals surface area contributed by atoms with Gasteiger partial charge in [0.05, 0.1) is 11.2 Å². The second-order valence-corrected chi connectivity index (χ2v) is 12.0. The van der Waals surface area contributed by atoms with Gasteiger partial charge in [-0.1, -0.05) is 13.8 Å². The average Bonchev–Trinajstić information content (AvgIpc) is 2.98. The lowest BCUT2D eigenvalue weighted by atomic mass is 9.81. The molecule has 0 aromatic carbocycles. The summed E-state index contributed by atoms with van der Waals surface area (Å²) in [5, 5.41) is 5.80. The summed E-state index contributed by atoms with van der Waals surface area (Å²) in [5.74, 6) is 0.373. The van der Waals surface area contributed by atoms with Crippen molar-refractivity contribution >= 4 is 30.5 Å². The minimum atomic E-state index is -0.663. The normalized spacial score (nSPS) is 20.8. The molecule has 3 rings (SSSR count). The van der Waals surface area contributed by atoms with E-state index in [4.69, 9.17) is 14.0 Å². The monoisotopic (exact) mass is 503 g/mol. The van der Waals surface area contributed by atoms with Gasteiger partial charge in [-0.05, 0) is 67.2 Å². The zero-order chi connectivity index (χ0) is 26.9. The molecule has 1 aromatic rings. The first-order valence-electron chi connectivity index (χ1n) is 12.8. The van der Waals surface area contributed by atoms with E-state index in [1.54, 1.807) is 33.2 Å². The van der Waals surface area contributed by atoms with Crippen LogP contribution in [0.2, 0.25) is 0 Å². The van der Waals surface area contributed by atoms with Crippen molar-refractivity contribution in [2.24, 2.45) is 5.92 Å². The van der Waals surface area contributed by atoms with E-state index in [0.717, 1.165) is 18.3 Å². The third-order valence-corrected chi connectivity index (χ3v) is 6.93. The molecular formula is C25H42BN5O5. The van der Waals surface area contributed by atoms with Crippen molar-refractivity contribution < 1.29 is 23.6 Å². The molecule has 2 N–H and O–H groups in total. The van der Waals surface area contributed by atoms with Gasteiger partial charge in [-0.2, -0.15) is 0 Å². The van der Waals surface area contributed by atoms with Crippen molar-refractivity contribution in [1.82, 2.24) is 20.6 Å². The van der Waals surface area contributed by atoms with Crippen molar-refractivity contribution in [1.29, 1.82) is 0 Å². The quantitative estimate of drug-likeness (QED) is 0.569. The summed E-state index contributed by atoms with van der Waals surface area (Å²) < 4.78 is 17.5. The summed E-state index contributed by atoms with van der Waals surface area (Å²) >= 11 is 0. The first-order valence-corrected chi connectivity index (χ1v) is 12.8. The number of piperidine rings is 1. The Balaban J connectivity index is 1.51. The van der Waals surface area contributed by atoms with Gasteiger partial charge in [0.25, 0.3) is 0 Å². The molecule has 2 amide bonds. The number of amides is 2. The topological polar surface area (TPSA) is 115 Å². The molecule has 1 atom stereocenters. The van der Waals surface area contributed by atoms with Crippen LogP contribution in [0.3, 0.4) is 0 Å². The fourth-order valence-corrected chi connectivity index (χ4v) is 4.08. The molecule has 2 aliphatic heterocycles. The summed E-state index contributed by atoms with van der Waals surface area (Å²) in [7, 11) is -0.492. The first kappa shape index (κ1) is 28.2. The first-order chi connectivity index (χ1) is 16.6. The molecule has 0 unspecified atom stereocenters. The zero-order valence-electron chi connectivity index (χ0n) is 23.2. The van der Waals surface area contributed by atoms with Crippen molar-refractivity contribution in [3.8, 4) is 0 Å². The number of rotatable bonds is 6. The predicted octanol–water partition coefficient (Wildman–Crippen LogP) is 2.41. The maximum Gasteiger partial charge on any atom is 0.498 e. The fourth-order valence-electron chi connectivity index (χ4n) is 4.08. The number of hydrogen-bond donors (Lipinski definition) is 2. The molecule has 0 saturated carbocycles. The van der Waals surface area contributed by atoms with Crippen molar-refractivity contribution in [3.63, 3.8) is 0 Å². The third kappa shape index (κ3) is 6.88. The van der Waals surface area contributed by atoms with Crippen LogP contribution in [0.25, 0.3) is 0 Å². The Labute approximate surface area is 215 Å². The van der Waals surface area contributed by atoms with Crippen LogP contribution in [0.4, 0.5) is 10.7 Å². The molecule has 3 heterocycles. The van der Waals surface area contributed by atoms with Crippen LogP contribution in [-0.4, -0.2) is 71.1 Å². The van der Waals surface area contributed by atoms with Crippen LogP contribution in [0, 0.1) is 5.92 Å². The molecule has 11 heteroatoms. The molecule has 0 spiro atoms. The lowest BCUT2D eigenvalue weighted by Crippen LogP contribution is -2.54. The largest absolute Gasteiger partial charge is 0.498 e. The molecular weight excluding hydrogens is 461 g/mol. The molecule has 2 fully saturated rings. The smallest absolute Gasteiger partial charge is 0.444 e. The summed E-state index contributed by atoms with van der Waals surface area (Å²) in [4.78, 5) is 36.3. The van der Waals surface area contributed by atoms with Crippen molar-refractivity contribution in [2.75, 3.05) is 18.0 Å². The number of nitrogens with one attached hydrogen (secondary N) is 2. The van der Waals surface area contributed by atoms with E-state index < -0.39 is 36.1 Å². The van der Waals surface area contributed by atoms with E-state index in [1.165, 1.54) is 0 Å². The van der Waals surface area contributed by atoms with Crippen LogP contribution in [0.1, 0.15) is 75.2 Å². The van der Waals surface area contributed by atoms with E-state index in [0.29, 0.717) is 19.0 Å².